The fourth-order valence-corrected chi connectivity index (χ4v) is 2.04. The molecule has 1 aromatic heterocycles. The van der Waals surface area contributed by atoms with E-state index in [1.54, 1.807) is 19.5 Å². The minimum Gasteiger partial charge on any atom is -0.495 e. The maximum Gasteiger partial charge on any atom is 0.137 e. The van der Waals surface area contributed by atoms with Gasteiger partial charge in [-0.15, -0.1) is 0 Å². The topological polar surface area (TPSA) is 48.1 Å². The van der Waals surface area contributed by atoms with E-state index >= 15 is 0 Å². The first kappa shape index (κ1) is 12.9. The van der Waals surface area contributed by atoms with Crippen LogP contribution in [-0.4, -0.2) is 12.1 Å². The van der Waals surface area contributed by atoms with E-state index in [1.165, 1.54) is 0 Å². The van der Waals surface area contributed by atoms with Crippen molar-refractivity contribution in [2.45, 2.75) is 13.0 Å². The van der Waals surface area contributed by atoms with Crippen molar-refractivity contribution >= 4 is 11.6 Å². The molecule has 1 atom stereocenters. The van der Waals surface area contributed by atoms with Crippen molar-refractivity contribution in [2.75, 3.05) is 7.11 Å². The molecule has 94 valence electrons. The second-order valence-electron chi connectivity index (χ2n) is 4.09. The molecule has 0 aliphatic rings. The highest BCUT2D eigenvalue weighted by molar-refractivity contribution is 6.31. The van der Waals surface area contributed by atoms with Crippen LogP contribution in [0.4, 0.5) is 0 Å². The van der Waals surface area contributed by atoms with E-state index in [9.17, 15) is 0 Å². The second kappa shape index (κ2) is 5.38. The lowest BCUT2D eigenvalue weighted by atomic mass is 9.97. The molecule has 2 aromatic rings. The van der Waals surface area contributed by atoms with E-state index in [0.29, 0.717) is 5.75 Å². The van der Waals surface area contributed by atoms with Crippen LogP contribution in [0.2, 0.25) is 5.02 Å². The molecule has 0 amide bonds. The number of benzene rings is 1. The molecule has 0 aliphatic carbocycles. The predicted molar refractivity (Wildman–Crippen MR) is 73.0 cm³/mol. The Balaban J connectivity index is 2.41. The molecular weight excluding hydrogens is 248 g/mol. The first-order valence-electron chi connectivity index (χ1n) is 5.63. The molecule has 1 unspecified atom stereocenters. The normalized spacial score (nSPS) is 12.2. The molecular formula is C14H15ClN2O. The number of halogens is 1. The van der Waals surface area contributed by atoms with Gasteiger partial charge in [-0.2, -0.15) is 0 Å². The largest absolute Gasteiger partial charge is 0.495 e. The molecule has 3 nitrogen and oxygen atoms in total. The van der Waals surface area contributed by atoms with Crippen molar-refractivity contribution in [2.24, 2.45) is 5.73 Å². The van der Waals surface area contributed by atoms with Crippen LogP contribution in [0.15, 0.2) is 36.7 Å². The zero-order valence-corrected chi connectivity index (χ0v) is 11.1. The molecule has 1 aromatic carbocycles. The highest BCUT2D eigenvalue weighted by Crippen LogP contribution is 2.28. The van der Waals surface area contributed by atoms with Crippen LogP contribution in [0.5, 0.6) is 5.75 Å². The minimum atomic E-state index is -0.258. The SMILES string of the molecule is COc1cncc(C(N)c2cccc(Cl)c2C)c1. The Morgan fingerprint density at radius 3 is 2.83 bits per heavy atom. The van der Waals surface area contributed by atoms with Gasteiger partial charge < -0.3 is 10.5 Å². The first-order chi connectivity index (χ1) is 8.63. The average Bonchev–Trinajstić information content (AvgIpc) is 2.41. The van der Waals surface area contributed by atoms with Gasteiger partial charge in [0.25, 0.3) is 0 Å². The third kappa shape index (κ3) is 2.47. The molecule has 0 fully saturated rings. The van der Waals surface area contributed by atoms with Gasteiger partial charge in [0.2, 0.25) is 0 Å². The molecule has 4 heteroatoms. The number of aromatic nitrogens is 1. The Hall–Kier alpha value is -1.58. The number of pyridine rings is 1. The molecule has 2 rings (SSSR count). The molecule has 0 aliphatic heterocycles. The first-order valence-corrected chi connectivity index (χ1v) is 6.01. The van der Waals surface area contributed by atoms with E-state index in [2.05, 4.69) is 4.98 Å². The van der Waals surface area contributed by atoms with Crippen LogP contribution in [-0.2, 0) is 0 Å². The van der Waals surface area contributed by atoms with Crippen LogP contribution in [0.25, 0.3) is 0 Å². The Labute approximate surface area is 112 Å². The molecule has 0 bridgehead atoms. The Kier molecular flexibility index (Phi) is 3.84. The van der Waals surface area contributed by atoms with E-state index in [0.717, 1.165) is 21.7 Å². The van der Waals surface area contributed by atoms with Crippen molar-refractivity contribution in [3.05, 3.63) is 58.4 Å². The summed E-state index contributed by atoms with van der Waals surface area (Å²) < 4.78 is 5.15. The summed E-state index contributed by atoms with van der Waals surface area (Å²) in [6.07, 6.45) is 3.40. The quantitative estimate of drug-likeness (QED) is 0.925. The highest BCUT2D eigenvalue weighted by Gasteiger charge is 2.13. The number of methoxy groups -OCH3 is 1. The summed E-state index contributed by atoms with van der Waals surface area (Å²) in [5, 5.41) is 0.721. The molecule has 0 radical (unpaired) electrons. The molecule has 0 spiro atoms. The third-order valence-electron chi connectivity index (χ3n) is 2.97. The summed E-state index contributed by atoms with van der Waals surface area (Å²) in [4.78, 5) is 4.12. The number of rotatable bonds is 3. The van der Waals surface area contributed by atoms with Crippen LogP contribution in [0.3, 0.4) is 0 Å². The summed E-state index contributed by atoms with van der Waals surface area (Å²) in [6, 6.07) is 7.37. The van der Waals surface area contributed by atoms with Gasteiger partial charge in [0.1, 0.15) is 5.75 Å². The summed E-state index contributed by atoms with van der Waals surface area (Å²) in [5.41, 5.74) is 9.15. The Morgan fingerprint density at radius 1 is 1.33 bits per heavy atom. The number of hydrogen-bond donors (Lipinski definition) is 1. The number of nitrogens with two attached hydrogens (primary N) is 1. The molecule has 0 saturated carbocycles. The van der Waals surface area contributed by atoms with Crippen LogP contribution >= 0.6 is 11.6 Å². The third-order valence-corrected chi connectivity index (χ3v) is 3.38. The molecule has 1 heterocycles. The summed E-state index contributed by atoms with van der Waals surface area (Å²) in [7, 11) is 1.61. The van der Waals surface area contributed by atoms with Crippen molar-refractivity contribution in [3.8, 4) is 5.75 Å². The van der Waals surface area contributed by atoms with Gasteiger partial charge in [-0.25, -0.2) is 0 Å². The molecule has 2 N–H and O–H groups in total. The van der Waals surface area contributed by atoms with Gasteiger partial charge >= 0.3 is 0 Å². The van der Waals surface area contributed by atoms with Crippen molar-refractivity contribution in [1.29, 1.82) is 0 Å². The maximum absolute atomic E-state index is 6.26. The van der Waals surface area contributed by atoms with Crippen molar-refractivity contribution in [3.63, 3.8) is 0 Å². The zero-order valence-electron chi connectivity index (χ0n) is 10.4. The zero-order chi connectivity index (χ0) is 13.1. The average molecular weight is 263 g/mol. The minimum absolute atomic E-state index is 0.258. The number of nitrogens with zero attached hydrogens (tertiary/aromatic N) is 1. The highest BCUT2D eigenvalue weighted by atomic mass is 35.5. The molecule has 18 heavy (non-hydrogen) atoms. The Morgan fingerprint density at radius 2 is 2.11 bits per heavy atom. The van der Waals surface area contributed by atoms with E-state index in [-0.39, 0.29) is 6.04 Å². The number of ether oxygens (including phenoxy) is 1. The van der Waals surface area contributed by atoms with Gasteiger partial charge in [0.15, 0.2) is 0 Å². The van der Waals surface area contributed by atoms with E-state index in [4.69, 9.17) is 22.1 Å². The lowest BCUT2D eigenvalue weighted by Crippen LogP contribution is -2.13. The van der Waals surface area contributed by atoms with E-state index < -0.39 is 0 Å². The van der Waals surface area contributed by atoms with Gasteiger partial charge in [0, 0.05) is 11.2 Å². The second-order valence-corrected chi connectivity index (χ2v) is 4.50. The maximum atomic E-state index is 6.26. The fraction of sp³-hybridized carbons (Fsp3) is 0.214. The van der Waals surface area contributed by atoms with Gasteiger partial charge in [-0.3, -0.25) is 4.98 Å². The van der Waals surface area contributed by atoms with Crippen molar-refractivity contribution in [1.82, 2.24) is 4.98 Å². The fourth-order valence-electron chi connectivity index (χ4n) is 1.86. The summed E-state index contributed by atoms with van der Waals surface area (Å²) in [6.45, 7) is 1.96. The van der Waals surface area contributed by atoms with Gasteiger partial charge in [-0.1, -0.05) is 23.7 Å². The predicted octanol–water partition coefficient (Wildman–Crippen LogP) is 3.10. The van der Waals surface area contributed by atoms with Crippen molar-refractivity contribution < 1.29 is 4.74 Å². The van der Waals surface area contributed by atoms with Crippen LogP contribution in [0, 0.1) is 6.92 Å². The lowest BCUT2D eigenvalue weighted by Gasteiger charge is -2.16. The summed E-state index contributed by atoms with van der Waals surface area (Å²) in [5.74, 6) is 0.697. The van der Waals surface area contributed by atoms with Gasteiger partial charge in [0.05, 0.1) is 19.3 Å². The number of hydrogen-bond acceptors (Lipinski definition) is 3. The lowest BCUT2D eigenvalue weighted by molar-refractivity contribution is 0.412. The van der Waals surface area contributed by atoms with E-state index in [1.807, 2.05) is 31.2 Å². The standard InChI is InChI=1S/C14H15ClN2O/c1-9-12(4-3-5-13(9)15)14(16)10-6-11(18-2)8-17-7-10/h3-8,14H,16H2,1-2H3. The smallest absolute Gasteiger partial charge is 0.137 e. The monoisotopic (exact) mass is 262 g/mol. The molecule has 0 saturated heterocycles. The Bertz CT molecular complexity index is 557. The van der Waals surface area contributed by atoms with Gasteiger partial charge in [-0.05, 0) is 35.7 Å². The van der Waals surface area contributed by atoms with Crippen LogP contribution in [0.1, 0.15) is 22.7 Å². The van der Waals surface area contributed by atoms with Crippen LogP contribution < -0.4 is 10.5 Å². The summed E-state index contributed by atoms with van der Waals surface area (Å²) >= 11 is 6.11.